The van der Waals surface area contributed by atoms with Crippen LogP contribution in [0.5, 0.6) is 5.75 Å². The molecule has 0 unspecified atom stereocenters. The van der Waals surface area contributed by atoms with Gasteiger partial charge in [-0.3, -0.25) is 9.69 Å². The van der Waals surface area contributed by atoms with Crippen LogP contribution < -0.4 is 4.74 Å². The first-order chi connectivity index (χ1) is 12.4. The third-order valence-corrected chi connectivity index (χ3v) is 6.67. The van der Waals surface area contributed by atoms with E-state index in [-0.39, 0.29) is 5.91 Å². The molecule has 1 aliphatic heterocycles. The SMILES string of the molecule is CN1C(=O)/C(=C/c2cc(Br)c(OCc3ccccc3Cl)c(Br)c2)SC1=S. The zero-order chi connectivity index (χ0) is 18.8. The van der Waals surface area contributed by atoms with Gasteiger partial charge in [0, 0.05) is 17.6 Å². The Labute approximate surface area is 183 Å². The van der Waals surface area contributed by atoms with Crippen molar-refractivity contribution < 1.29 is 9.53 Å². The normalized spacial score (nSPS) is 15.8. The molecule has 1 fully saturated rings. The fourth-order valence-electron chi connectivity index (χ4n) is 2.26. The quantitative estimate of drug-likeness (QED) is 0.342. The van der Waals surface area contributed by atoms with Gasteiger partial charge in [-0.1, -0.05) is 53.8 Å². The molecule has 0 radical (unpaired) electrons. The molecule has 3 rings (SSSR count). The highest BCUT2D eigenvalue weighted by molar-refractivity contribution is 9.11. The molecule has 134 valence electrons. The smallest absolute Gasteiger partial charge is 0.265 e. The van der Waals surface area contributed by atoms with E-state index in [0.717, 1.165) is 20.1 Å². The van der Waals surface area contributed by atoms with Crippen molar-refractivity contribution in [1.82, 2.24) is 4.90 Å². The summed E-state index contributed by atoms with van der Waals surface area (Å²) in [7, 11) is 1.68. The molecule has 1 aliphatic rings. The van der Waals surface area contributed by atoms with Crippen LogP contribution in [0.2, 0.25) is 5.02 Å². The number of rotatable bonds is 4. The van der Waals surface area contributed by atoms with Gasteiger partial charge in [-0.05, 0) is 61.7 Å². The van der Waals surface area contributed by atoms with Crippen LogP contribution in [0.15, 0.2) is 50.2 Å². The van der Waals surface area contributed by atoms with Crippen LogP contribution in [-0.2, 0) is 11.4 Å². The van der Waals surface area contributed by atoms with Crippen molar-refractivity contribution in [3.8, 4) is 5.75 Å². The van der Waals surface area contributed by atoms with Gasteiger partial charge in [-0.15, -0.1) is 0 Å². The van der Waals surface area contributed by atoms with Crippen LogP contribution in [0.1, 0.15) is 11.1 Å². The molecule has 3 nitrogen and oxygen atoms in total. The fraction of sp³-hybridized carbons (Fsp3) is 0.111. The minimum Gasteiger partial charge on any atom is -0.486 e. The summed E-state index contributed by atoms with van der Waals surface area (Å²) in [5.74, 6) is 0.580. The highest BCUT2D eigenvalue weighted by Crippen LogP contribution is 2.38. The Balaban J connectivity index is 1.82. The van der Waals surface area contributed by atoms with Gasteiger partial charge in [0.25, 0.3) is 5.91 Å². The lowest BCUT2D eigenvalue weighted by molar-refractivity contribution is -0.121. The summed E-state index contributed by atoms with van der Waals surface area (Å²) < 4.78 is 8.02. The van der Waals surface area contributed by atoms with E-state index in [1.54, 1.807) is 7.05 Å². The highest BCUT2D eigenvalue weighted by atomic mass is 79.9. The standard InChI is InChI=1S/C18H12Br2ClNO2S2/c1-22-17(23)15(26-18(22)25)8-10-6-12(19)16(13(20)7-10)24-9-11-4-2-3-5-14(11)21/h2-8H,9H2,1H3/b15-8-. The third kappa shape index (κ3) is 4.34. The number of amides is 1. The Morgan fingerprint density at radius 3 is 2.50 bits per heavy atom. The minimum atomic E-state index is -0.0914. The average molecular weight is 534 g/mol. The Bertz CT molecular complexity index is 910. The van der Waals surface area contributed by atoms with E-state index in [9.17, 15) is 4.79 Å². The largest absolute Gasteiger partial charge is 0.486 e. The lowest BCUT2D eigenvalue weighted by Gasteiger charge is -2.12. The van der Waals surface area contributed by atoms with Crippen LogP contribution in [0, 0.1) is 0 Å². The van der Waals surface area contributed by atoms with E-state index < -0.39 is 0 Å². The number of thioether (sulfide) groups is 1. The van der Waals surface area contributed by atoms with Gasteiger partial charge in [-0.25, -0.2) is 0 Å². The van der Waals surface area contributed by atoms with E-state index in [1.807, 2.05) is 42.5 Å². The zero-order valence-electron chi connectivity index (χ0n) is 13.5. The van der Waals surface area contributed by atoms with Crippen molar-refractivity contribution in [2.45, 2.75) is 6.61 Å². The van der Waals surface area contributed by atoms with Gasteiger partial charge in [-0.2, -0.15) is 0 Å². The number of hydrogen-bond donors (Lipinski definition) is 0. The number of hydrogen-bond acceptors (Lipinski definition) is 4. The summed E-state index contributed by atoms with van der Waals surface area (Å²) in [6, 6.07) is 11.3. The number of benzene rings is 2. The second-order valence-corrected chi connectivity index (χ2v) is 9.23. The molecule has 1 amide bonds. The lowest BCUT2D eigenvalue weighted by atomic mass is 10.2. The van der Waals surface area contributed by atoms with Crippen molar-refractivity contribution in [3.05, 3.63) is 66.4 Å². The van der Waals surface area contributed by atoms with Crippen molar-refractivity contribution in [2.24, 2.45) is 0 Å². The predicted octanol–water partition coefficient (Wildman–Crippen LogP) is 6.28. The molecule has 8 heteroatoms. The summed E-state index contributed by atoms with van der Waals surface area (Å²) in [5.41, 5.74) is 1.77. The zero-order valence-corrected chi connectivity index (χ0v) is 19.0. The Morgan fingerprint density at radius 1 is 1.27 bits per heavy atom. The molecular formula is C18H12Br2ClNO2S2. The third-order valence-electron chi connectivity index (χ3n) is 3.63. The van der Waals surface area contributed by atoms with Gasteiger partial charge in [0.1, 0.15) is 16.7 Å². The monoisotopic (exact) mass is 531 g/mol. The van der Waals surface area contributed by atoms with Crippen LogP contribution in [0.4, 0.5) is 0 Å². The topological polar surface area (TPSA) is 29.5 Å². The first-order valence-corrected chi connectivity index (χ1v) is 10.6. The molecule has 2 aromatic rings. The average Bonchev–Trinajstić information content (AvgIpc) is 2.82. The second-order valence-electron chi connectivity index (χ2n) is 5.43. The van der Waals surface area contributed by atoms with Crippen molar-refractivity contribution in [2.75, 3.05) is 7.05 Å². The maximum absolute atomic E-state index is 12.1. The predicted molar refractivity (Wildman–Crippen MR) is 119 cm³/mol. The molecular weight excluding hydrogens is 522 g/mol. The molecule has 0 saturated carbocycles. The molecule has 1 saturated heterocycles. The highest BCUT2D eigenvalue weighted by Gasteiger charge is 2.28. The molecule has 2 aromatic carbocycles. The van der Waals surface area contributed by atoms with Crippen molar-refractivity contribution in [1.29, 1.82) is 0 Å². The maximum Gasteiger partial charge on any atom is 0.265 e. The number of ether oxygens (including phenoxy) is 1. The number of likely N-dealkylation sites (N-methyl/N-ethyl adjacent to an activating group) is 1. The number of carbonyl (C=O) groups excluding carboxylic acids is 1. The number of carbonyl (C=O) groups is 1. The van der Waals surface area contributed by atoms with Crippen molar-refractivity contribution in [3.63, 3.8) is 0 Å². The molecule has 26 heavy (non-hydrogen) atoms. The van der Waals surface area contributed by atoms with Gasteiger partial charge in [0.05, 0.1) is 13.9 Å². The Hall–Kier alpha value is -0.860. The van der Waals surface area contributed by atoms with Crippen LogP contribution in [0.25, 0.3) is 6.08 Å². The molecule has 0 aromatic heterocycles. The van der Waals surface area contributed by atoms with Crippen LogP contribution in [0.3, 0.4) is 0 Å². The van der Waals surface area contributed by atoms with Gasteiger partial charge in [0.15, 0.2) is 0 Å². The summed E-state index contributed by atoms with van der Waals surface area (Å²) in [5, 5.41) is 0.665. The van der Waals surface area contributed by atoms with E-state index in [1.165, 1.54) is 16.7 Å². The number of thiocarbonyl (C=S) groups is 1. The van der Waals surface area contributed by atoms with E-state index >= 15 is 0 Å². The molecule has 0 atom stereocenters. The Morgan fingerprint density at radius 2 is 1.92 bits per heavy atom. The summed E-state index contributed by atoms with van der Waals surface area (Å²) in [4.78, 5) is 14.2. The molecule has 0 aliphatic carbocycles. The molecule has 0 bridgehead atoms. The van der Waals surface area contributed by atoms with Crippen molar-refractivity contribution >= 4 is 83.7 Å². The maximum atomic E-state index is 12.1. The first-order valence-electron chi connectivity index (χ1n) is 7.43. The lowest BCUT2D eigenvalue weighted by Crippen LogP contribution is -2.22. The fourth-order valence-corrected chi connectivity index (χ4v) is 5.08. The summed E-state index contributed by atoms with van der Waals surface area (Å²) >= 11 is 19.7. The number of halogens is 3. The summed E-state index contributed by atoms with van der Waals surface area (Å²) in [6.07, 6.45) is 1.82. The van der Waals surface area contributed by atoms with E-state index in [0.29, 0.717) is 26.6 Å². The molecule has 1 heterocycles. The second kappa shape index (κ2) is 8.44. The number of nitrogens with zero attached hydrogens (tertiary/aromatic N) is 1. The van der Waals surface area contributed by atoms with Gasteiger partial charge < -0.3 is 4.74 Å². The minimum absolute atomic E-state index is 0.0914. The van der Waals surface area contributed by atoms with Gasteiger partial charge in [0.2, 0.25) is 0 Å². The van der Waals surface area contributed by atoms with E-state index in [4.69, 9.17) is 28.6 Å². The van der Waals surface area contributed by atoms with E-state index in [2.05, 4.69) is 31.9 Å². The Kier molecular flexibility index (Phi) is 6.45. The molecule has 0 N–H and O–H groups in total. The molecule has 0 spiro atoms. The first kappa shape index (κ1) is 19.9. The summed E-state index contributed by atoms with van der Waals surface area (Å²) in [6.45, 7) is 0.352. The van der Waals surface area contributed by atoms with Crippen LogP contribution >= 0.6 is 67.4 Å². The van der Waals surface area contributed by atoms with Crippen LogP contribution in [-0.4, -0.2) is 22.2 Å². The van der Waals surface area contributed by atoms with Gasteiger partial charge >= 0.3 is 0 Å².